The second-order valence-corrected chi connectivity index (χ2v) is 6.21. The van der Waals surface area contributed by atoms with Crippen molar-refractivity contribution in [3.63, 3.8) is 0 Å². The Labute approximate surface area is 138 Å². The minimum atomic E-state index is 0.504. The Morgan fingerprint density at radius 2 is 1.65 bits per heavy atom. The lowest BCUT2D eigenvalue weighted by Crippen LogP contribution is -2.43. The molecule has 0 unspecified atom stereocenters. The Morgan fingerprint density at radius 3 is 2.35 bits per heavy atom. The number of rotatable bonds is 5. The van der Waals surface area contributed by atoms with E-state index in [0.29, 0.717) is 6.61 Å². The molecule has 4 nitrogen and oxygen atoms in total. The maximum atomic E-state index is 5.93. The molecule has 0 spiro atoms. The number of nitrogens with two attached hydrogens (primary N) is 1. The van der Waals surface area contributed by atoms with Gasteiger partial charge >= 0.3 is 0 Å². The van der Waals surface area contributed by atoms with E-state index in [9.17, 15) is 0 Å². The van der Waals surface area contributed by atoms with E-state index < -0.39 is 0 Å². The van der Waals surface area contributed by atoms with Gasteiger partial charge in [0.05, 0.1) is 0 Å². The van der Waals surface area contributed by atoms with Crippen LogP contribution in [0.3, 0.4) is 0 Å². The number of nitrogen functional groups attached to an aromatic ring is 1. The zero-order valence-corrected chi connectivity index (χ0v) is 13.7. The Morgan fingerprint density at radius 1 is 0.957 bits per heavy atom. The van der Waals surface area contributed by atoms with Gasteiger partial charge in [0.2, 0.25) is 0 Å². The molecule has 0 radical (unpaired) electrons. The first-order chi connectivity index (χ1) is 11.2. The van der Waals surface area contributed by atoms with Crippen molar-refractivity contribution in [3.8, 4) is 5.75 Å². The van der Waals surface area contributed by atoms with Gasteiger partial charge in [-0.25, -0.2) is 0 Å². The average Bonchev–Trinajstić information content (AvgIpc) is 2.58. The molecule has 1 aliphatic rings. The lowest BCUT2D eigenvalue weighted by molar-refractivity contribution is 0.148. The summed E-state index contributed by atoms with van der Waals surface area (Å²) in [5, 5.41) is 0. The highest BCUT2D eigenvalue weighted by Gasteiger charge is 2.13. The lowest BCUT2D eigenvalue weighted by atomic mass is 10.2. The van der Waals surface area contributed by atoms with Gasteiger partial charge in [-0.1, -0.05) is 30.3 Å². The van der Waals surface area contributed by atoms with Gasteiger partial charge in [0.1, 0.15) is 12.4 Å². The van der Waals surface area contributed by atoms with E-state index in [2.05, 4.69) is 29.0 Å². The first-order valence-corrected chi connectivity index (χ1v) is 8.17. The Bertz CT molecular complexity index is 619. The number of hydrogen-bond donors (Lipinski definition) is 1. The Balaban J connectivity index is 1.52. The summed E-state index contributed by atoms with van der Waals surface area (Å²) in [6, 6.07) is 16.2. The summed E-state index contributed by atoms with van der Waals surface area (Å²) in [5.74, 6) is 0.885. The standard InChI is InChI=1S/C19H25N3O/c1-21-10-12-22(13-11-21)14-16-6-8-18(9-7-16)23-15-17-4-2-3-5-19(17)20/h2-9H,10-15,20H2,1H3. The van der Waals surface area contributed by atoms with Gasteiger partial charge in [0.15, 0.2) is 0 Å². The van der Waals surface area contributed by atoms with Crippen molar-refractivity contribution < 1.29 is 4.74 Å². The van der Waals surface area contributed by atoms with Crippen molar-refractivity contribution in [3.05, 3.63) is 59.7 Å². The zero-order chi connectivity index (χ0) is 16.1. The largest absolute Gasteiger partial charge is 0.489 e. The molecule has 2 aromatic rings. The third kappa shape index (κ3) is 4.47. The summed E-state index contributed by atoms with van der Waals surface area (Å²) < 4.78 is 5.83. The molecule has 0 saturated carbocycles. The fourth-order valence-corrected chi connectivity index (χ4v) is 2.78. The van der Waals surface area contributed by atoms with Crippen molar-refractivity contribution >= 4 is 5.69 Å². The fraction of sp³-hybridized carbons (Fsp3) is 0.368. The molecule has 1 fully saturated rings. The molecule has 0 aliphatic carbocycles. The molecule has 122 valence electrons. The van der Waals surface area contributed by atoms with E-state index in [-0.39, 0.29) is 0 Å². The Hall–Kier alpha value is -2.04. The number of para-hydroxylation sites is 1. The minimum Gasteiger partial charge on any atom is -0.489 e. The molecule has 23 heavy (non-hydrogen) atoms. The smallest absolute Gasteiger partial charge is 0.119 e. The maximum absolute atomic E-state index is 5.93. The highest BCUT2D eigenvalue weighted by molar-refractivity contribution is 5.46. The summed E-state index contributed by atoms with van der Waals surface area (Å²) in [4.78, 5) is 4.88. The number of benzene rings is 2. The van der Waals surface area contributed by atoms with Crippen molar-refractivity contribution in [1.29, 1.82) is 0 Å². The first-order valence-electron chi connectivity index (χ1n) is 8.17. The number of nitrogens with zero attached hydrogens (tertiary/aromatic N) is 2. The van der Waals surface area contributed by atoms with Gasteiger partial charge < -0.3 is 15.4 Å². The molecule has 0 aromatic heterocycles. The second-order valence-electron chi connectivity index (χ2n) is 6.21. The van der Waals surface area contributed by atoms with Crippen LogP contribution in [-0.4, -0.2) is 43.0 Å². The van der Waals surface area contributed by atoms with Crippen LogP contribution in [0.25, 0.3) is 0 Å². The molecular formula is C19H25N3O. The van der Waals surface area contributed by atoms with Crippen LogP contribution in [0, 0.1) is 0 Å². The van der Waals surface area contributed by atoms with Crippen LogP contribution in [0.15, 0.2) is 48.5 Å². The predicted octanol–water partition coefficient (Wildman–Crippen LogP) is 2.60. The number of hydrogen-bond acceptors (Lipinski definition) is 4. The molecular weight excluding hydrogens is 286 g/mol. The lowest BCUT2D eigenvalue weighted by Gasteiger charge is -2.32. The molecule has 1 saturated heterocycles. The van der Waals surface area contributed by atoms with Crippen LogP contribution in [0.1, 0.15) is 11.1 Å². The quantitative estimate of drug-likeness (QED) is 0.862. The van der Waals surface area contributed by atoms with Crippen LogP contribution < -0.4 is 10.5 Å². The van der Waals surface area contributed by atoms with Gasteiger partial charge in [-0.15, -0.1) is 0 Å². The predicted molar refractivity (Wildman–Crippen MR) is 94.4 cm³/mol. The molecule has 0 bridgehead atoms. The highest BCUT2D eigenvalue weighted by Crippen LogP contribution is 2.18. The molecule has 2 N–H and O–H groups in total. The van der Waals surface area contributed by atoms with Crippen molar-refractivity contribution in [2.45, 2.75) is 13.2 Å². The molecule has 3 rings (SSSR count). The average molecular weight is 311 g/mol. The topological polar surface area (TPSA) is 41.7 Å². The van der Waals surface area contributed by atoms with Crippen LogP contribution in [0.2, 0.25) is 0 Å². The summed E-state index contributed by atoms with van der Waals surface area (Å²) in [7, 11) is 2.18. The number of likely N-dealkylation sites (N-methyl/N-ethyl adjacent to an activating group) is 1. The van der Waals surface area contributed by atoms with Crippen molar-refractivity contribution in [1.82, 2.24) is 9.80 Å². The van der Waals surface area contributed by atoms with Crippen molar-refractivity contribution in [2.75, 3.05) is 39.0 Å². The molecule has 1 aliphatic heterocycles. The van der Waals surface area contributed by atoms with Crippen LogP contribution in [0.4, 0.5) is 5.69 Å². The molecule has 4 heteroatoms. The molecule has 0 amide bonds. The summed E-state index contributed by atoms with van der Waals surface area (Å²) in [5.41, 5.74) is 9.07. The summed E-state index contributed by atoms with van der Waals surface area (Å²) in [6.07, 6.45) is 0. The first kappa shape index (κ1) is 15.8. The van der Waals surface area contributed by atoms with Gasteiger partial charge in [0, 0.05) is 44.0 Å². The van der Waals surface area contributed by atoms with E-state index in [1.807, 2.05) is 36.4 Å². The van der Waals surface area contributed by atoms with Gasteiger partial charge in [-0.05, 0) is 30.8 Å². The van der Waals surface area contributed by atoms with Gasteiger partial charge in [0.25, 0.3) is 0 Å². The number of ether oxygens (including phenoxy) is 1. The maximum Gasteiger partial charge on any atom is 0.119 e. The van der Waals surface area contributed by atoms with Crippen LogP contribution in [-0.2, 0) is 13.2 Å². The third-order valence-corrected chi connectivity index (χ3v) is 4.37. The van der Waals surface area contributed by atoms with Gasteiger partial charge in [-0.3, -0.25) is 4.90 Å². The Kier molecular flexibility index (Phi) is 5.16. The zero-order valence-electron chi connectivity index (χ0n) is 13.7. The highest BCUT2D eigenvalue weighted by atomic mass is 16.5. The second kappa shape index (κ2) is 7.49. The van der Waals surface area contributed by atoms with Crippen LogP contribution >= 0.6 is 0 Å². The third-order valence-electron chi connectivity index (χ3n) is 4.37. The summed E-state index contributed by atoms with van der Waals surface area (Å²) >= 11 is 0. The van der Waals surface area contributed by atoms with E-state index in [0.717, 1.165) is 49.7 Å². The van der Waals surface area contributed by atoms with E-state index in [1.165, 1.54) is 5.56 Å². The van der Waals surface area contributed by atoms with Crippen molar-refractivity contribution in [2.24, 2.45) is 0 Å². The molecule has 1 heterocycles. The number of piperazine rings is 1. The number of anilines is 1. The normalized spacial score (nSPS) is 16.4. The monoisotopic (exact) mass is 311 g/mol. The SMILES string of the molecule is CN1CCN(Cc2ccc(OCc3ccccc3N)cc2)CC1. The van der Waals surface area contributed by atoms with E-state index >= 15 is 0 Å². The summed E-state index contributed by atoms with van der Waals surface area (Å²) in [6.45, 7) is 6.10. The molecule has 2 aromatic carbocycles. The molecule has 0 atom stereocenters. The van der Waals surface area contributed by atoms with E-state index in [1.54, 1.807) is 0 Å². The van der Waals surface area contributed by atoms with E-state index in [4.69, 9.17) is 10.5 Å². The van der Waals surface area contributed by atoms with Crippen LogP contribution in [0.5, 0.6) is 5.75 Å². The fourth-order valence-electron chi connectivity index (χ4n) is 2.78. The minimum absolute atomic E-state index is 0.504. The van der Waals surface area contributed by atoms with Gasteiger partial charge in [-0.2, -0.15) is 0 Å².